The van der Waals surface area contributed by atoms with Crippen molar-refractivity contribution in [3.8, 4) is 0 Å². The Morgan fingerprint density at radius 1 is 0.821 bits per heavy atom. The first-order valence-electron chi connectivity index (χ1n) is 10.2. The van der Waals surface area contributed by atoms with E-state index in [9.17, 15) is 9.59 Å². The van der Waals surface area contributed by atoms with Crippen LogP contribution in [0.3, 0.4) is 0 Å². The molecule has 0 bridgehead atoms. The van der Waals surface area contributed by atoms with Gasteiger partial charge < -0.3 is 20.3 Å². The molecule has 2 saturated heterocycles. The van der Waals surface area contributed by atoms with E-state index in [1.807, 2.05) is 9.80 Å². The Balaban J connectivity index is 0.00000196. The van der Waals surface area contributed by atoms with Gasteiger partial charge in [-0.3, -0.25) is 14.5 Å². The minimum atomic E-state index is 0. The topological polar surface area (TPSA) is 79.1 Å². The highest BCUT2D eigenvalue weighted by molar-refractivity contribution is 5.85. The Morgan fingerprint density at radius 2 is 1.36 bits per heavy atom. The molecule has 164 valence electrons. The van der Waals surface area contributed by atoms with Crippen molar-refractivity contribution in [1.29, 1.82) is 0 Å². The van der Waals surface area contributed by atoms with Crippen molar-refractivity contribution in [2.75, 3.05) is 65.6 Å². The Labute approximate surface area is 181 Å². The van der Waals surface area contributed by atoms with Crippen LogP contribution in [0.25, 0.3) is 0 Å². The second-order valence-corrected chi connectivity index (χ2v) is 8.09. The summed E-state index contributed by atoms with van der Waals surface area (Å²) in [6, 6.07) is 0. The number of carbonyl (C=O) groups is 2. The predicted molar refractivity (Wildman–Crippen MR) is 114 cm³/mol. The number of nitrogens with zero attached hydrogens (tertiary/aromatic N) is 3. The van der Waals surface area contributed by atoms with E-state index in [0.717, 1.165) is 25.9 Å². The molecule has 2 N–H and O–H groups in total. The van der Waals surface area contributed by atoms with Gasteiger partial charge in [-0.15, -0.1) is 24.8 Å². The molecule has 2 amide bonds. The number of hydrogen-bond acceptors (Lipinski definition) is 5. The van der Waals surface area contributed by atoms with Gasteiger partial charge in [-0.25, -0.2) is 0 Å². The molecule has 2 aliphatic heterocycles. The summed E-state index contributed by atoms with van der Waals surface area (Å²) in [6.45, 7) is 6.72. The zero-order valence-corrected chi connectivity index (χ0v) is 18.4. The number of morpholine rings is 1. The molecule has 1 aliphatic carbocycles. The molecule has 0 atom stereocenters. The zero-order chi connectivity index (χ0) is 18.4. The number of halogens is 2. The summed E-state index contributed by atoms with van der Waals surface area (Å²) >= 11 is 0. The maximum atomic E-state index is 12.8. The highest BCUT2D eigenvalue weighted by Crippen LogP contribution is 2.38. The zero-order valence-electron chi connectivity index (χ0n) is 16.8. The average Bonchev–Trinajstić information content (AvgIpc) is 2.69. The van der Waals surface area contributed by atoms with Crippen LogP contribution in [0.4, 0.5) is 0 Å². The van der Waals surface area contributed by atoms with Crippen LogP contribution in [0.5, 0.6) is 0 Å². The van der Waals surface area contributed by atoms with E-state index >= 15 is 0 Å². The molecular weight excluding hydrogens is 403 g/mol. The second-order valence-electron chi connectivity index (χ2n) is 8.09. The lowest BCUT2D eigenvalue weighted by Crippen LogP contribution is -2.54. The SMILES string of the molecule is Cl.Cl.NCC1(CC(=O)N2CCN(C(=O)CN3CCOCC3)CC2)CCCCC1. The molecule has 9 heteroatoms. The summed E-state index contributed by atoms with van der Waals surface area (Å²) in [7, 11) is 0. The lowest BCUT2D eigenvalue weighted by Gasteiger charge is -2.40. The molecule has 1 saturated carbocycles. The number of hydrogen-bond donors (Lipinski definition) is 1. The lowest BCUT2D eigenvalue weighted by atomic mass is 9.71. The van der Waals surface area contributed by atoms with Gasteiger partial charge in [-0.1, -0.05) is 19.3 Å². The van der Waals surface area contributed by atoms with Gasteiger partial charge in [0.15, 0.2) is 0 Å². The van der Waals surface area contributed by atoms with Crippen molar-refractivity contribution in [2.45, 2.75) is 38.5 Å². The molecule has 0 radical (unpaired) electrons. The van der Waals surface area contributed by atoms with Crippen LogP contribution < -0.4 is 5.73 Å². The highest BCUT2D eigenvalue weighted by atomic mass is 35.5. The van der Waals surface area contributed by atoms with Crippen molar-refractivity contribution < 1.29 is 14.3 Å². The van der Waals surface area contributed by atoms with E-state index in [2.05, 4.69) is 4.90 Å². The number of carbonyl (C=O) groups excluding carboxylic acids is 2. The van der Waals surface area contributed by atoms with E-state index < -0.39 is 0 Å². The summed E-state index contributed by atoms with van der Waals surface area (Å²) < 4.78 is 5.33. The Kier molecular flexibility index (Phi) is 11.1. The molecule has 2 heterocycles. The highest BCUT2D eigenvalue weighted by Gasteiger charge is 2.35. The summed E-state index contributed by atoms with van der Waals surface area (Å²) in [4.78, 5) is 31.2. The fraction of sp³-hybridized carbons (Fsp3) is 0.895. The molecule has 28 heavy (non-hydrogen) atoms. The quantitative estimate of drug-likeness (QED) is 0.695. The van der Waals surface area contributed by atoms with Gasteiger partial charge in [0.1, 0.15) is 0 Å². The molecule has 3 rings (SSSR count). The van der Waals surface area contributed by atoms with Gasteiger partial charge in [0, 0.05) is 45.7 Å². The van der Waals surface area contributed by atoms with Crippen LogP contribution in [-0.2, 0) is 14.3 Å². The van der Waals surface area contributed by atoms with E-state index in [-0.39, 0.29) is 42.0 Å². The van der Waals surface area contributed by atoms with Gasteiger partial charge in [0.05, 0.1) is 19.8 Å². The number of amides is 2. The molecule has 0 unspecified atom stereocenters. The van der Waals surface area contributed by atoms with Crippen LogP contribution in [0.1, 0.15) is 38.5 Å². The first kappa shape index (κ1) is 25.4. The molecular formula is C19H36Cl2N4O3. The number of piperazine rings is 1. The van der Waals surface area contributed by atoms with Crippen LogP contribution in [-0.4, -0.2) is 92.1 Å². The lowest BCUT2D eigenvalue weighted by molar-refractivity contribution is -0.142. The molecule has 3 aliphatic rings. The monoisotopic (exact) mass is 438 g/mol. The normalized spacial score (nSPS) is 22.8. The van der Waals surface area contributed by atoms with Crippen molar-refractivity contribution in [2.24, 2.45) is 11.1 Å². The fourth-order valence-electron chi connectivity index (χ4n) is 4.44. The predicted octanol–water partition coefficient (Wildman–Crippen LogP) is 1.13. The minimum absolute atomic E-state index is 0. The van der Waals surface area contributed by atoms with Gasteiger partial charge in [-0.05, 0) is 24.8 Å². The largest absolute Gasteiger partial charge is 0.379 e. The molecule has 0 aromatic carbocycles. The molecule has 0 aromatic heterocycles. The Bertz CT molecular complexity index is 490. The van der Waals surface area contributed by atoms with E-state index in [1.165, 1.54) is 19.3 Å². The average molecular weight is 439 g/mol. The number of nitrogens with two attached hydrogens (primary N) is 1. The van der Waals surface area contributed by atoms with Gasteiger partial charge in [-0.2, -0.15) is 0 Å². The second kappa shape index (κ2) is 12.2. The smallest absolute Gasteiger partial charge is 0.236 e. The van der Waals surface area contributed by atoms with Gasteiger partial charge >= 0.3 is 0 Å². The fourth-order valence-corrected chi connectivity index (χ4v) is 4.44. The van der Waals surface area contributed by atoms with Crippen molar-refractivity contribution in [3.63, 3.8) is 0 Å². The summed E-state index contributed by atoms with van der Waals surface area (Å²) in [6.07, 6.45) is 6.37. The van der Waals surface area contributed by atoms with Crippen molar-refractivity contribution in [3.05, 3.63) is 0 Å². The third-order valence-electron chi connectivity index (χ3n) is 6.32. The van der Waals surface area contributed by atoms with Crippen LogP contribution >= 0.6 is 24.8 Å². The Hall–Kier alpha value is -0.600. The maximum Gasteiger partial charge on any atom is 0.236 e. The third kappa shape index (κ3) is 6.73. The van der Waals surface area contributed by atoms with Crippen LogP contribution in [0.15, 0.2) is 0 Å². The van der Waals surface area contributed by atoms with Crippen LogP contribution in [0.2, 0.25) is 0 Å². The van der Waals surface area contributed by atoms with E-state index in [1.54, 1.807) is 0 Å². The van der Waals surface area contributed by atoms with Crippen LogP contribution in [0, 0.1) is 5.41 Å². The summed E-state index contributed by atoms with van der Waals surface area (Å²) in [5.74, 6) is 0.391. The van der Waals surface area contributed by atoms with Crippen molar-refractivity contribution in [1.82, 2.24) is 14.7 Å². The maximum absolute atomic E-state index is 12.8. The molecule has 0 aromatic rings. The number of rotatable bonds is 5. The molecule has 3 fully saturated rings. The first-order chi connectivity index (χ1) is 12.6. The summed E-state index contributed by atoms with van der Waals surface area (Å²) in [5, 5.41) is 0. The minimum Gasteiger partial charge on any atom is -0.379 e. The van der Waals surface area contributed by atoms with Crippen molar-refractivity contribution >= 4 is 36.6 Å². The van der Waals surface area contributed by atoms with Gasteiger partial charge in [0.25, 0.3) is 0 Å². The van der Waals surface area contributed by atoms with E-state index in [0.29, 0.717) is 58.9 Å². The van der Waals surface area contributed by atoms with E-state index in [4.69, 9.17) is 10.5 Å². The summed E-state index contributed by atoms with van der Waals surface area (Å²) in [5.41, 5.74) is 6.04. The standard InChI is InChI=1S/C19H34N4O3.2ClH/c20-16-19(4-2-1-3-5-19)14-17(24)22-6-8-23(9-7-22)18(25)15-21-10-12-26-13-11-21;;/h1-16,20H2;2*1H. The third-order valence-corrected chi connectivity index (χ3v) is 6.32. The molecule has 0 spiro atoms. The van der Waals surface area contributed by atoms with Gasteiger partial charge in [0.2, 0.25) is 11.8 Å². The Morgan fingerprint density at radius 3 is 1.89 bits per heavy atom. The number of ether oxygens (including phenoxy) is 1. The molecule has 7 nitrogen and oxygen atoms in total. The first-order valence-corrected chi connectivity index (χ1v) is 10.2.